The van der Waals surface area contributed by atoms with Gasteiger partial charge in [-0.3, -0.25) is 14.6 Å². The van der Waals surface area contributed by atoms with Crippen LogP contribution in [0.25, 0.3) is 22.0 Å². The molecule has 190 valence electrons. The topological polar surface area (TPSA) is 78.5 Å². The third-order valence-electron chi connectivity index (χ3n) is 6.32. The lowest BCUT2D eigenvalue weighted by molar-refractivity contribution is -0.274. The third kappa shape index (κ3) is 5.28. The highest BCUT2D eigenvalue weighted by Crippen LogP contribution is 2.30. The number of para-hydroxylation sites is 1. The van der Waals surface area contributed by atoms with E-state index in [2.05, 4.69) is 14.7 Å². The highest BCUT2D eigenvalue weighted by Gasteiger charge is 2.31. The van der Waals surface area contributed by atoms with Gasteiger partial charge in [0.05, 0.1) is 10.9 Å². The first kappa shape index (κ1) is 24.4. The fourth-order valence-corrected chi connectivity index (χ4v) is 4.51. The molecule has 3 aromatic carbocycles. The first-order valence-corrected chi connectivity index (χ1v) is 11.7. The number of H-pyrrole nitrogens is 1. The lowest BCUT2D eigenvalue weighted by atomic mass is 9.98. The number of aromatic nitrogens is 2. The van der Waals surface area contributed by atoms with E-state index < -0.39 is 6.36 Å². The largest absolute Gasteiger partial charge is 0.573 e. The van der Waals surface area contributed by atoms with E-state index in [0.717, 1.165) is 5.56 Å². The molecular formula is C27H23F3N4O3. The van der Waals surface area contributed by atoms with Crippen LogP contribution in [0.5, 0.6) is 5.75 Å². The minimum Gasteiger partial charge on any atom is -0.406 e. The van der Waals surface area contributed by atoms with Crippen LogP contribution in [-0.2, 0) is 0 Å². The molecule has 4 aromatic rings. The molecule has 1 fully saturated rings. The Morgan fingerprint density at radius 1 is 0.973 bits per heavy atom. The molecule has 5 rings (SSSR count). The summed E-state index contributed by atoms with van der Waals surface area (Å²) in [5.74, 6) is 0.0424. The number of amides is 1. The summed E-state index contributed by atoms with van der Waals surface area (Å²) in [4.78, 5) is 36.6. The summed E-state index contributed by atoms with van der Waals surface area (Å²) in [6, 6.07) is 18.0. The lowest BCUT2D eigenvalue weighted by Gasteiger charge is -2.35. The molecule has 0 spiro atoms. The van der Waals surface area contributed by atoms with Gasteiger partial charge in [-0.05, 0) is 60.0 Å². The average molecular weight is 509 g/mol. The van der Waals surface area contributed by atoms with Gasteiger partial charge in [0.15, 0.2) is 0 Å². The van der Waals surface area contributed by atoms with E-state index in [-0.39, 0.29) is 17.2 Å². The van der Waals surface area contributed by atoms with Crippen molar-refractivity contribution < 1.29 is 22.7 Å². The van der Waals surface area contributed by atoms with Gasteiger partial charge in [0.25, 0.3) is 11.5 Å². The molecule has 1 amide bonds. The number of carbonyl (C=O) groups is 1. The number of rotatable bonds is 4. The van der Waals surface area contributed by atoms with Gasteiger partial charge in [0, 0.05) is 31.7 Å². The van der Waals surface area contributed by atoms with Crippen molar-refractivity contribution in [3.05, 3.63) is 88.2 Å². The number of hydrogen-bond donors (Lipinski definition) is 1. The Balaban J connectivity index is 1.28. The molecule has 1 N–H and O–H groups in total. The van der Waals surface area contributed by atoms with Crippen molar-refractivity contribution in [3.8, 4) is 16.9 Å². The normalized spacial score (nSPS) is 14.2. The number of halogens is 3. The number of hydrogen-bond acceptors (Lipinski definition) is 5. The molecule has 7 nitrogen and oxygen atoms in total. The Kier molecular flexibility index (Phi) is 6.32. The number of piperazine rings is 1. The molecule has 0 radical (unpaired) electrons. The number of anilines is 1. The molecule has 0 atom stereocenters. The van der Waals surface area contributed by atoms with Gasteiger partial charge in [-0.2, -0.15) is 0 Å². The Labute approximate surface area is 210 Å². The third-order valence-corrected chi connectivity index (χ3v) is 6.32. The molecule has 0 aliphatic carbocycles. The predicted octanol–water partition coefficient (Wildman–Crippen LogP) is 4.76. The van der Waals surface area contributed by atoms with E-state index >= 15 is 0 Å². The summed E-state index contributed by atoms with van der Waals surface area (Å²) >= 11 is 0. The molecule has 1 saturated heterocycles. The number of alkyl halides is 3. The lowest BCUT2D eigenvalue weighted by Crippen LogP contribution is -2.49. The summed E-state index contributed by atoms with van der Waals surface area (Å²) in [6.07, 6.45) is -4.77. The summed E-state index contributed by atoms with van der Waals surface area (Å²) in [7, 11) is 0. The second kappa shape index (κ2) is 9.61. The second-order valence-corrected chi connectivity index (χ2v) is 8.79. The Bertz CT molecular complexity index is 1530. The molecule has 2 heterocycles. The number of nitrogens with one attached hydrogen (secondary N) is 1. The van der Waals surface area contributed by atoms with Gasteiger partial charge in [0.1, 0.15) is 5.75 Å². The summed E-state index contributed by atoms with van der Waals surface area (Å²) in [6.45, 7) is 3.73. The first-order chi connectivity index (χ1) is 17.7. The molecule has 1 aliphatic heterocycles. The maximum absolute atomic E-state index is 13.2. The first-order valence-electron chi connectivity index (χ1n) is 11.7. The summed E-state index contributed by atoms with van der Waals surface area (Å²) in [5.41, 5.74) is 2.93. The van der Waals surface area contributed by atoms with E-state index in [1.165, 1.54) is 18.2 Å². The molecule has 1 aromatic heterocycles. The van der Waals surface area contributed by atoms with Crippen LogP contribution in [0.3, 0.4) is 0 Å². The number of aromatic amines is 1. The van der Waals surface area contributed by atoms with Crippen LogP contribution >= 0.6 is 0 Å². The van der Waals surface area contributed by atoms with Crippen LogP contribution in [0.15, 0.2) is 71.5 Å². The molecule has 0 bridgehead atoms. The van der Waals surface area contributed by atoms with Crippen LogP contribution in [0, 0.1) is 6.92 Å². The zero-order valence-electron chi connectivity index (χ0n) is 19.9. The van der Waals surface area contributed by atoms with Crippen LogP contribution in [0.2, 0.25) is 0 Å². The zero-order valence-corrected chi connectivity index (χ0v) is 19.9. The molecule has 37 heavy (non-hydrogen) atoms. The molecule has 0 saturated carbocycles. The minimum atomic E-state index is -4.77. The average Bonchev–Trinajstić information content (AvgIpc) is 2.87. The van der Waals surface area contributed by atoms with Crippen molar-refractivity contribution in [2.45, 2.75) is 13.3 Å². The quantitative estimate of drug-likeness (QED) is 0.430. The van der Waals surface area contributed by atoms with Crippen molar-refractivity contribution >= 4 is 22.8 Å². The highest BCUT2D eigenvalue weighted by atomic mass is 19.4. The van der Waals surface area contributed by atoms with Crippen molar-refractivity contribution in [1.29, 1.82) is 0 Å². The number of fused-ring (bicyclic) bond motifs is 1. The smallest absolute Gasteiger partial charge is 0.406 e. The van der Waals surface area contributed by atoms with E-state index in [0.29, 0.717) is 59.7 Å². The van der Waals surface area contributed by atoms with E-state index in [1.54, 1.807) is 47.4 Å². The summed E-state index contributed by atoms with van der Waals surface area (Å²) in [5, 5.41) is 0.526. The van der Waals surface area contributed by atoms with Crippen molar-refractivity contribution in [2.24, 2.45) is 0 Å². The van der Waals surface area contributed by atoms with Crippen molar-refractivity contribution in [2.75, 3.05) is 31.1 Å². The standard InChI is InChI=1S/C27H23F3N4O3/c1-17-15-19(9-10-21(17)18-5-4-6-20(16-18)37-27(28,29)30)25(36)33-11-13-34(14-12-33)26-31-23-8-3-2-7-22(23)24(35)32-26/h2-10,15-16H,11-14H2,1H3,(H,31,32,35). The number of nitrogens with zero attached hydrogens (tertiary/aromatic N) is 3. The van der Waals surface area contributed by atoms with Gasteiger partial charge >= 0.3 is 6.36 Å². The monoisotopic (exact) mass is 508 g/mol. The fourth-order valence-electron chi connectivity index (χ4n) is 4.51. The van der Waals surface area contributed by atoms with E-state index in [4.69, 9.17) is 0 Å². The fraction of sp³-hybridized carbons (Fsp3) is 0.222. The number of aryl methyl sites for hydroxylation is 1. The van der Waals surface area contributed by atoms with Gasteiger partial charge in [-0.1, -0.05) is 30.3 Å². The molecular weight excluding hydrogens is 485 g/mol. The number of carbonyl (C=O) groups excluding carboxylic acids is 1. The van der Waals surface area contributed by atoms with Crippen LogP contribution in [0.4, 0.5) is 19.1 Å². The van der Waals surface area contributed by atoms with Crippen LogP contribution in [0.1, 0.15) is 15.9 Å². The second-order valence-electron chi connectivity index (χ2n) is 8.79. The zero-order chi connectivity index (χ0) is 26.2. The van der Waals surface area contributed by atoms with Crippen LogP contribution < -0.4 is 15.2 Å². The molecule has 0 unspecified atom stereocenters. The Hall–Kier alpha value is -4.34. The Morgan fingerprint density at radius 2 is 1.73 bits per heavy atom. The van der Waals surface area contributed by atoms with E-state index in [1.807, 2.05) is 17.9 Å². The number of ether oxygens (including phenoxy) is 1. The maximum Gasteiger partial charge on any atom is 0.573 e. The van der Waals surface area contributed by atoms with E-state index in [9.17, 15) is 22.8 Å². The highest BCUT2D eigenvalue weighted by molar-refractivity contribution is 5.95. The van der Waals surface area contributed by atoms with Crippen molar-refractivity contribution in [3.63, 3.8) is 0 Å². The Morgan fingerprint density at radius 3 is 2.46 bits per heavy atom. The predicted molar refractivity (Wildman–Crippen MR) is 134 cm³/mol. The SMILES string of the molecule is Cc1cc(C(=O)N2CCN(c3nc4ccccc4c(=O)[nH]3)CC2)ccc1-c1cccc(OC(F)(F)F)c1. The van der Waals surface area contributed by atoms with Gasteiger partial charge in [-0.15, -0.1) is 13.2 Å². The van der Waals surface area contributed by atoms with Crippen LogP contribution in [-0.4, -0.2) is 53.3 Å². The molecule has 1 aliphatic rings. The minimum absolute atomic E-state index is 0.136. The van der Waals surface area contributed by atoms with Gasteiger partial charge in [-0.25, -0.2) is 4.98 Å². The maximum atomic E-state index is 13.2. The van der Waals surface area contributed by atoms with Crippen molar-refractivity contribution in [1.82, 2.24) is 14.9 Å². The van der Waals surface area contributed by atoms with Gasteiger partial charge < -0.3 is 14.5 Å². The summed E-state index contributed by atoms with van der Waals surface area (Å²) < 4.78 is 41.8. The van der Waals surface area contributed by atoms with Gasteiger partial charge in [0.2, 0.25) is 5.95 Å². The number of benzene rings is 3. The molecule has 10 heteroatoms.